The lowest BCUT2D eigenvalue weighted by Crippen LogP contribution is -2.32. The third kappa shape index (κ3) is 5.06. The Morgan fingerprint density at radius 2 is 1.64 bits per heavy atom. The van der Waals surface area contributed by atoms with Crippen LogP contribution in [0.5, 0.6) is 0 Å². The molecule has 0 radical (unpaired) electrons. The summed E-state index contributed by atoms with van der Waals surface area (Å²) in [6, 6.07) is 23.4. The Kier molecular flexibility index (Phi) is 6.58. The van der Waals surface area contributed by atoms with E-state index in [0.717, 1.165) is 11.1 Å². The number of nitrogens with one attached hydrogen (secondary N) is 2. The van der Waals surface area contributed by atoms with Crippen LogP contribution in [0.1, 0.15) is 34.5 Å². The van der Waals surface area contributed by atoms with Crippen LogP contribution >= 0.6 is 11.6 Å². The Morgan fingerprint density at radius 1 is 0.929 bits per heavy atom. The van der Waals surface area contributed by atoms with Crippen molar-refractivity contribution in [2.45, 2.75) is 19.5 Å². The van der Waals surface area contributed by atoms with Crippen molar-refractivity contribution in [3.8, 4) is 0 Å². The molecule has 0 aliphatic rings. The minimum atomic E-state index is -0.571. The molecule has 1 atom stereocenters. The highest BCUT2D eigenvalue weighted by Crippen LogP contribution is 2.20. The molecule has 2 N–H and O–H groups in total. The molecule has 142 valence electrons. The number of carbonyl (C=O) groups excluding carboxylic acids is 2. The van der Waals surface area contributed by atoms with E-state index in [-0.39, 0.29) is 11.7 Å². The molecule has 28 heavy (non-hydrogen) atoms. The van der Waals surface area contributed by atoms with Gasteiger partial charge in [-0.05, 0) is 36.2 Å². The summed E-state index contributed by atoms with van der Waals surface area (Å²) in [7, 11) is 0. The second kappa shape index (κ2) is 9.31. The fraction of sp³-hybridized carbons (Fsp3) is 0.130. The molecule has 4 nitrogen and oxygen atoms in total. The number of hydrogen-bond donors (Lipinski definition) is 2. The van der Waals surface area contributed by atoms with Crippen molar-refractivity contribution in [3.63, 3.8) is 0 Å². The number of hydrogen-bond acceptors (Lipinski definition) is 3. The molecular formula is C23H21ClN2O2. The van der Waals surface area contributed by atoms with E-state index in [2.05, 4.69) is 10.6 Å². The van der Waals surface area contributed by atoms with Gasteiger partial charge in [-0.2, -0.15) is 0 Å². The van der Waals surface area contributed by atoms with E-state index in [9.17, 15) is 9.59 Å². The van der Waals surface area contributed by atoms with Crippen LogP contribution in [0.25, 0.3) is 0 Å². The van der Waals surface area contributed by atoms with Crippen LogP contribution in [-0.4, -0.2) is 11.7 Å². The van der Waals surface area contributed by atoms with E-state index in [1.54, 1.807) is 24.3 Å². The Bertz CT molecular complexity index is 973. The lowest BCUT2D eigenvalue weighted by atomic mass is 10.0. The van der Waals surface area contributed by atoms with Crippen LogP contribution in [0.3, 0.4) is 0 Å². The van der Waals surface area contributed by atoms with E-state index < -0.39 is 6.04 Å². The third-order valence-electron chi connectivity index (χ3n) is 4.39. The van der Waals surface area contributed by atoms with E-state index in [0.29, 0.717) is 22.8 Å². The zero-order valence-corrected chi connectivity index (χ0v) is 16.2. The lowest BCUT2D eigenvalue weighted by Gasteiger charge is -2.19. The Hall–Kier alpha value is -2.95. The zero-order chi connectivity index (χ0) is 19.9. The van der Waals surface area contributed by atoms with Gasteiger partial charge in [-0.3, -0.25) is 14.9 Å². The Balaban J connectivity index is 1.80. The number of anilines is 1. The first kappa shape index (κ1) is 19.8. The molecular weight excluding hydrogens is 372 g/mol. The van der Waals surface area contributed by atoms with Crippen molar-refractivity contribution in [1.82, 2.24) is 5.32 Å². The van der Waals surface area contributed by atoms with Crippen LogP contribution in [0.15, 0.2) is 78.9 Å². The molecule has 0 saturated carbocycles. The van der Waals surface area contributed by atoms with Crippen LogP contribution in [0, 0.1) is 0 Å². The molecule has 3 aromatic rings. The molecule has 3 rings (SSSR count). The highest BCUT2D eigenvalue weighted by Gasteiger charge is 2.20. The summed E-state index contributed by atoms with van der Waals surface area (Å²) in [6.45, 7) is 1.94. The predicted molar refractivity (Wildman–Crippen MR) is 113 cm³/mol. The van der Waals surface area contributed by atoms with Gasteiger partial charge in [0, 0.05) is 22.8 Å². The molecule has 0 heterocycles. The molecule has 0 bridgehead atoms. The maximum atomic E-state index is 13.0. The number of amides is 1. The predicted octanol–water partition coefficient (Wildman–Crippen LogP) is 5.01. The fourth-order valence-corrected chi connectivity index (χ4v) is 3.09. The third-order valence-corrected chi connectivity index (χ3v) is 4.75. The lowest BCUT2D eigenvalue weighted by molar-refractivity contribution is -0.118. The number of halogens is 1. The Morgan fingerprint density at radius 3 is 2.36 bits per heavy atom. The average molecular weight is 393 g/mol. The van der Waals surface area contributed by atoms with Gasteiger partial charge in [0.05, 0.1) is 0 Å². The van der Waals surface area contributed by atoms with Gasteiger partial charge < -0.3 is 5.32 Å². The minimum Gasteiger partial charge on any atom is -0.324 e. The second-order valence-electron chi connectivity index (χ2n) is 6.44. The summed E-state index contributed by atoms with van der Waals surface area (Å²) in [6.07, 6.45) is 0. The van der Waals surface area contributed by atoms with E-state index >= 15 is 0 Å². The Labute approximate surface area is 169 Å². The van der Waals surface area contributed by atoms with Crippen LogP contribution in [0.4, 0.5) is 5.69 Å². The van der Waals surface area contributed by atoms with E-state index in [1.165, 1.54) is 6.92 Å². The molecule has 0 aromatic heterocycles. The van der Waals surface area contributed by atoms with Gasteiger partial charge in [0.25, 0.3) is 0 Å². The van der Waals surface area contributed by atoms with Crippen molar-refractivity contribution >= 4 is 29.0 Å². The SMILES string of the molecule is CC(=O)c1cccc(NC(=O)[C@@H](NCc2ccccc2Cl)c2ccccc2)c1. The first-order valence-corrected chi connectivity index (χ1v) is 9.36. The minimum absolute atomic E-state index is 0.0486. The van der Waals surface area contributed by atoms with Gasteiger partial charge in [0.1, 0.15) is 6.04 Å². The monoisotopic (exact) mass is 392 g/mol. The van der Waals surface area contributed by atoms with Gasteiger partial charge in [0.2, 0.25) is 5.91 Å². The highest BCUT2D eigenvalue weighted by atomic mass is 35.5. The fourth-order valence-electron chi connectivity index (χ4n) is 2.89. The topological polar surface area (TPSA) is 58.2 Å². The highest BCUT2D eigenvalue weighted by molar-refractivity contribution is 6.31. The van der Waals surface area contributed by atoms with Crippen LogP contribution in [0.2, 0.25) is 5.02 Å². The number of benzene rings is 3. The summed E-state index contributed by atoms with van der Waals surface area (Å²) < 4.78 is 0. The smallest absolute Gasteiger partial charge is 0.246 e. The van der Waals surface area contributed by atoms with E-state index in [1.807, 2.05) is 54.6 Å². The summed E-state index contributed by atoms with van der Waals surface area (Å²) >= 11 is 6.24. The molecule has 0 unspecified atom stereocenters. The largest absolute Gasteiger partial charge is 0.324 e. The number of rotatable bonds is 7. The van der Waals surface area contributed by atoms with Crippen molar-refractivity contribution in [3.05, 3.63) is 101 Å². The number of carbonyl (C=O) groups is 2. The van der Waals surface area contributed by atoms with Gasteiger partial charge in [-0.15, -0.1) is 0 Å². The van der Waals surface area contributed by atoms with Gasteiger partial charge in [-0.25, -0.2) is 0 Å². The summed E-state index contributed by atoms with van der Waals surface area (Å²) in [5.74, 6) is -0.258. The molecule has 0 saturated heterocycles. The van der Waals surface area contributed by atoms with Gasteiger partial charge in [-0.1, -0.05) is 72.3 Å². The maximum absolute atomic E-state index is 13.0. The molecule has 0 aliphatic carbocycles. The van der Waals surface area contributed by atoms with Crippen LogP contribution in [-0.2, 0) is 11.3 Å². The normalized spacial score (nSPS) is 11.6. The van der Waals surface area contributed by atoms with Gasteiger partial charge >= 0.3 is 0 Å². The second-order valence-corrected chi connectivity index (χ2v) is 6.85. The van der Waals surface area contributed by atoms with Crippen molar-refractivity contribution in [2.75, 3.05) is 5.32 Å². The summed E-state index contributed by atoms with van der Waals surface area (Å²) in [5, 5.41) is 6.84. The molecule has 0 aliphatic heterocycles. The molecule has 1 amide bonds. The molecule has 3 aromatic carbocycles. The maximum Gasteiger partial charge on any atom is 0.246 e. The first-order chi connectivity index (χ1) is 13.5. The molecule has 5 heteroatoms. The molecule has 0 spiro atoms. The van der Waals surface area contributed by atoms with Gasteiger partial charge in [0.15, 0.2) is 5.78 Å². The average Bonchev–Trinajstić information content (AvgIpc) is 2.70. The first-order valence-electron chi connectivity index (χ1n) is 8.98. The standard InChI is InChI=1S/C23H21ClN2O2/c1-16(27)18-11-7-12-20(14-18)26-23(28)22(17-8-3-2-4-9-17)25-15-19-10-5-6-13-21(19)24/h2-14,22,25H,15H2,1H3,(H,26,28)/t22-/m0/s1. The van der Waals surface area contributed by atoms with E-state index in [4.69, 9.17) is 11.6 Å². The summed E-state index contributed by atoms with van der Waals surface area (Å²) in [4.78, 5) is 24.6. The summed E-state index contributed by atoms with van der Waals surface area (Å²) in [5.41, 5.74) is 2.89. The number of ketones is 1. The molecule has 0 fully saturated rings. The van der Waals surface area contributed by atoms with Crippen molar-refractivity contribution < 1.29 is 9.59 Å². The number of Topliss-reactive ketones (excluding diaryl/α,β-unsaturated/α-hetero) is 1. The van der Waals surface area contributed by atoms with Crippen molar-refractivity contribution in [1.29, 1.82) is 0 Å². The zero-order valence-electron chi connectivity index (χ0n) is 15.5. The van der Waals surface area contributed by atoms with Crippen molar-refractivity contribution in [2.24, 2.45) is 0 Å². The quantitative estimate of drug-likeness (QED) is 0.555. The van der Waals surface area contributed by atoms with Crippen LogP contribution < -0.4 is 10.6 Å².